The van der Waals surface area contributed by atoms with E-state index in [-0.39, 0.29) is 0 Å². The molecule has 0 aliphatic rings. The van der Waals surface area contributed by atoms with Crippen molar-refractivity contribution in [2.45, 2.75) is 20.8 Å². The van der Waals surface area contributed by atoms with E-state index >= 15 is 0 Å². The van der Waals surface area contributed by atoms with Crippen LogP contribution in [0, 0.1) is 12.8 Å². The minimum absolute atomic E-state index is 0.645. The quantitative estimate of drug-likeness (QED) is 0.742. The van der Waals surface area contributed by atoms with Crippen molar-refractivity contribution in [1.82, 2.24) is 9.97 Å². The molecule has 1 rings (SSSR count). The van der Waals surface area contributed by atoms with Crippen molar-refractivity contribution in [2.75, 3.05) is 11.9 Å². The number of nitrogens with one attached hydrogen (secondary N) is 1. The molecule has 3 nitrogen and oxygen atoms in total. The van der Waals surface area contributed by atoms with Gasteiger partial charge < -0.3 is 5.32 Å². The first kappa shape index (κ1) is 8.97. The van der Waals surface area contributed by atoms with Crippen LogP contribution < -0.4 is 5.32 Å². The van der Waals surface area contributed by atoms with E-state index in [1.807, 2.05) is 19.3 Å². The van der Waals surface area contributed by atoms with E-state index in [0.717, 1.165) is 18.1 Å². The molecule has 1 N–H and O–H groups in total. The van der Waals surface area contributed by atoms with E-state index in [1.165, 1.54) is 0 Å². The van der Waals surface area contributed by atoms with Crippen molar-refractivity contribution in [3.63, 3.8) is 0 Å². The molecule has 0 unspecified atom stereocenters. The van der Waals surface area contributed by atoms with Crippen LogP contribution >= 0.6 is 0 Å². The number of nitrogens with zero attached hydrogens (tertiary/aromatic N) is 2. The Morgan fingerprint density at radius 1 is 1.33 bits per heavy atom. The summed E-state index contributed by atoms with van der Waals surface area (Å²) in [7, 11) is 0. The SMILES string of the molecule is Cc1ncc(NCC(C)C)cn1. The standard InChI is InChI=1S/C9H15N3/c1-7(2)4-12-9-5-10-8(3)11-6-9/h5-7,12H,4H2,1-3H3. The van der Waals surface area contributed by atoms with Crippen molar-refractivity contribution in [3.8, 4) is 0 Å². The molecule has 1 aromatic rings. The Hall–Kier alpha value is -1.12. The molecular formula is C9H15N3. The highest BCUT2D eigenvalue weighted by Crippen LogP contribution is 2.03. The van der Waals surface area contributed by atoms with Crippen molar-refractivity contribution in [1.29, 1.82) is 0 Å². The topological polar surface area (TPSA) is 37.8 Å². The second-order valence-electron chi connectivity index (χ2n) is 3.29. The van der Waals surface area contributed by atoms with Crippen LogP contribution in [0.5, 0.6) is 0 Å². The number of rotatable bonds is 3. The summed E-state index contributed by atoms with van der Waals surface area (Å²) in [5, 5.41) is 3.25. The Kier molecular flexibility index (Phi) is 3.02. The van der Waals surface area contributed by atoms with Crippen molar-refractivity contribution < 1.29 is 0 Å². The highest BCUT2D eigenvalue weighted by atomic mass is 14.9. The van der Waals surface area contributed by atoms with E-state index in [0.29, 0.717) is 5.92 Å². The first-order valence-electron chi connectivity index (χ1n) is 4.21. The summed E-state index contributed by atoms with van der Waals surface area (Å²) in [4.78, 5) is 8.17. The maximum atomic E-state index is 4.08. The van der Waals surface area contributed by atoms with Gasteiger partial charge in [-0.2, -0.15) is 0 Å². The fraction of sp³-hybridized carbons (Fsp3) is 0.556. The Balaban J connectivity index is 2.48. The molecule has 0 amide bonds. The molecule has 0 fully saturated rings. The number of hydrogen-bond acceptors (Lipinski definition) is 3. The Morgan fingerprint density at radius 2 is 1.92 bits per heavy atom. The lowest BCUT2D eigenvalue weighted by Gasteiger charge is -2.07. The third-order valence-electron chi connectivity index (χ3n) is 1.50. The van der Waals surface area contributed by atoms with Crippen LogP contribution in [0.1, 0.15) is 19.7 Å². The van der Waals surface area contributed by atoms with Crippen LogP contribution in [0.3, 0.4) is 0 Å². The van der Waals surface area contributed by atoms with Gasteiger partial charge in [-0.3, -0.25) is 0 Å². The first-order chi connectivity index (χ1) is 5.68. The third-order valence-corrected chi connectivity index (χ3v) is 1.50. The van der Waals surface area contributed by atoms with Gasteiger partial charge in [0.15, 0.2) is 0 Å². The van der Waals surface area contributed by atoms with E-state index < -0.39 is 0 Å². The van der Waals surface area contributed by atoms with Crippen LogP contribution in [-0.4, -0.2) is 16.5 Å². The summed E-state index contributed by atoms with van der Waals surface area (Å²) in [6.45, 7) is 7.18. The van der Waals surface area contributed by atoms with E-state index in [2.05, 4.69) is 29.1 Å². The Labute approximate surface area is 73.2 Å². The molecule has 0 aromatic carbocycles. The molecule has 0 aliphatic heterocycles. The fourth-order valence-electron chi connectivity index (χ4n) is 0.806. The van der Waals surface area contributed by atoms with Crippen molar-refractivity contribution >= 4 is 5.69 Å². The zero-order valence-corrected chi connectivity index (χ0v) is 7.83. The lowest BCUT2D eigenvalue weighted by Crippen LogP contribution is -2.08. The van der Waals surface area contributed by atoms with Crippen LogP contribution in [0.4, 0.5) is 5.69 Å². The largest absolute Gasteiger partial charge is 0.382 e. The molecular weight excluding hydrogens is 150 g/mol. The first-order valence-corrected chi connectivity index (χ1v) is 4.21. The van der Waals surface area contributed by atoms with Gasteiger partial charge in [0.05, 0.1) is 18.1 Å². The predicted molar refractivity (Wildman–Crippen MR) is 50.1 cm³/mol. The van der Waals surface area contributed by atoms with Gasteiger partial charge in [-0.1, -0.05) is 13.8 Å². The molecule has 1 heterocycles. The van der Waals surface area contributed by atoms with Gasteiger partial charge >= 0.3 is 0 Å². The second kappa shape index (κ2) is 4.04. The zero-order valence-electron chi connectivity index (χ0n) is 7.83. The van der Waals surface area contributed by atoms with E-state index in [4.69, 9.17) is 0 Å². The fourth-order valence-corrected chi connectivity index (χ4v) is 0.806. The Bertz CT molecular complexity index is 228. The maximum Gasteiger partial charge on any atom is 0.125 e. The highest BCUT2D eigenvalue weighted by molar-refractivity contribution is 5.37. The van der Waals surface area contributed by atoms with Gasteiger partial charge in [0, 0.05) is 6.54 Å². The molecule has 12 heavy (non-hydrogen) atoms. The van der Waals surface area contributed by atoms with Crippen LogP contribution in [-0.2, 0) is 0 Å². The van der Waals surface area contributed by atoms with Gasteiger partial charge in [-0.05, 0) is 12.8 Å². The van der Waals surface area contributed by atoms with Crippen molar-refractivity contribution in [3.05, 3.63) is 18.2 Å². The number of anilines is 1. The van der Waals surface area contributed by atoms with E-state index in [9.17, 15) is 0 Å². The molecule has 3 heteroatoms. The average molecular weight is 165 g/mol. The normalized spacial score (nSPS) is 10.3. The summed E-state index contributed by atoms with van der Waals surface area (Å²) in [6, 6.07) is 0. The summed E-state index contributed by atoms with van der Waals surface area (Å²) >= 11 is 0. The number of aryl methyl sites for hydroxylation is 1. The average Bonchev–Trinajstić information content (AvgIpc) is 2.03. The lowest BCUT2D eigenvalue weighted by molar-refractivity contribution is 0.688. The van der Waals surface area contributed by atoms with Gasteiger partial charge in [0.1, 0.15) is 5.82 Å². The molecule has 0 radical (unpaired) electrons. The smallest absolute Gasteiger partial charge is 0.125 e. The van der Waals surface area contributed by atoms with Gasteiger partial charge in [0.2, 0.25) is 0 Å². The molecule has 0 bridgehead atoms. The molecule has 0 spiro atoms. The molecule has 0 aliphatic carbocycles. The Morgan fingerprint density at radius 3 is 2.42 bits per heavy atom. The minimum Gasteiger partial charge on any atom is -0.382 e. The van der Waals surface area contributed by atoms with Crippen LogP contribution in [0.2, 0.25) is 0 Å². The zero-order chi connectivity index (χ0) is 8.97. The maximum absolute atomic E-state index is 4.08. The summed E-state index contributed by atoms with van der Waals surface area (Å²) in [5.41, 5.74) is 0.995. The molecule has 0 atom stereocenters. The van der Waals surface area contributed by atoms with E-state index in [1.54, 1.807) is 0 Å². The molecule has 66 valence electrons. The van der Waals surface area contributed by atoms with Gasteiger partial charge in [-0.25, -0.2) is 9.97 Å². The number of aromatic nitrogens is 2. The molecule has 0 saturated carbocycles. The van der Waals surface area contributed by atoms with Gasteiger partial charge in [-0.15, -0.1) is 0 Å². The summed E-state index contributed by atoms with van der Waals surface area (Å²) < 4.78 is 0. The molecule has 1 aromatic heterocycles. The summed E-state index contributed by atoms with van der Waals surface area (Å²) in [6.07, 6.45) is 3.62. The van der Waals surface area contributed by atoms with Crippen LogP contribution in [0.25, 0.3) is 0 Å². The number of hydrogen-bond donors (Lipinski definition) is 1. The highest BCUT2D eigenvalue weighted by Gasteiger charge is 1.94. The second-order valence-corrected chi connectivity index (χ2v) is 3.29. The summed E-state index contributed by atoms with van der Waals surface area (Å²) in [5.74, 6) is 1.46. The van der Waals surface area contributed by atoms with Crippen molar-refractivity contribution in [2.24, 2.45) is 5.92 Å². The predicted octanol–water partition coefficient (Wildman–Crippen LogP) is 1.85. The monoisotopic (exact) mass is 165 g/mol. The van der Waals surface area contributed by atoms with Gasteiger partial charge in [0.25, 0.3) is 0 Å². The van der Waals surface area contributed by atoms with Crippen LogP contribution in [0.15, 0.2) is 12.4 Å². The third kappa shape index (κ3) is 2.86. The lowest BCUT2D eigenvalue weighted by atomic mass is 10.2. The minimum atomic E-state index is 0.645. The molecule has 0 saturated heterocycles.